The first-order valence-corrected chi connectivity index (χ1v) is 39.5. The SMILES string of the molecule is CC.CC.CC.CC(=O)CCCCNCc1cccc(OCc2ccccc2)c1.COC(=O)c1ccc(CBr)cc1.COC(=O)c1ccc(CN(CCCCC(C)=O)CCc2ccccc2OCc2ccccc2)cc1.O=C(O)CCCCN(CCc1ccccc1OCc1ccccc1)Cc1ccc(C(=O)O)cc1. The molecule has 0 saturated carbocycles. The Morgan fingerprint density at radius 2 is 0.755 bits per heavy atom. The van der Waals surface area contributed by atoms with Gasteiger partial charge in [0.25, 0.3) is 0 Å². The molecule has 9 aromatic carbocycles. The molecule has 9 rings (SSSR count). The third kappa shape index (κ3) is 41.0. The molecule has 0 saturated heterocycles. The van der Waals surface area contributed by atoms with Crippen LogP contribution in [-0.4, -0.2) is 102 Å². The number of rotatable bonds is 40. The Labute approximate surface area is 663 Å². The van der Waals surface area contributed by atoms with Gasteiger partial charge in [-0.2, -0.15) is 0 Å². The van der Waals surface area contributed by atoms with E-state index < -0.39 is 11.9 Å². The van der Waals surface area contributed by atoms with Crippen molar-refractivity contribution in [1.82, 2.24) is 15.1 Å². The van der Waals surface area contributed by atoms with E-state index in [9.17, 15) is 28.8 Å². The first-order chi connectivity index (χ1) is 53.6. The maximum atomic E-state index is 11.7. The molecule has 0 aromatic heterocycles. The van der Waals surface area contributed by atoms with Crippen molar-refractivity contribution in [3.05, 3.63) is 303 Å². The highest BCUT2D eigenvalue weighted by molar-refractivity contribution is 9.08. The number of carboxylic acids is 2. The quantitative estimate of drug-likeness (QED) is 0.0185. The number of ketones is 2. The molecule has 590 valence electrons. The van der Waals surface area contributed by atoms with Gasteiger partial charge in [-0.05, 0) is 196 Å². The number of halogens is 1. The molecular formula is C93H118BrN3O13. The Bertz CT molecular complexity index is 3960. The van der Waals surface area contributed by atoms with Crippen molar-refractivity contribution >= 4 is 51.4 Å². The van der Waals surface area contributed by atoms with E-state index in [0.717, 1.165) is 147 Å². The molecule has 0 heterocycles. The summed E-state index contributed by atoms with van der Waals surface area (Å²) in [6, 6.07) is 76.6. The van der Waals surface area contributed by atoms with Gasteiger partial charge in [-0.15, -0.1) is 0 Å². The minimum Gasteiger partial charge on any atom is -0.489 e. The van der Waals surface area contributed by atoms with E-state index in [1.807, 2.05) is 205 Å². The lowest BCUT2D eigenvalue weighted by Gasteiger charge is -2.23. The van der Waals surface area contributed by atoms with Gasteiger partial charge in [-0.3, -0.25) is 14.6 Å². The summed E-state index contributed by atoms with van der Waals surface area (Å²) in [6.07, 6.45) is 8.38. The normalized spacial score (nSPS) is 10.2. The minimum atomic E-state index is -0.941. The largest absolute Gasteiger partial charge is 0.489 e. The molecule has 0 aliphatic heterocycles. The Balaban J connectivity index is 0.000000390. The minimum absolute atomic E-state index is 0.164. The van der Waals surface area contributed by atoms with E-state index in [-0.39, 0.29) is 35.5 Å². The predicted molar refractivity (Wildman–Crippen MR) is 448 cm³/mol. The summed E-state index contributed by atoms with van der Waals surface area (Å²) in [6.45, 7) is 23.4. The van der Waals surface area contributed by atoms with E-state index in [0.29, 0.717) is 56.8 Å². The number of aliphatic carboxylic acids is 1. The zero-order valence-corrected chi connectivity index (χ0v) is 68.0. The molecule has 3 N–H and O–H groups in total. The Kier molecular flexibility index (Phi) is 50.4. The number of alkyl halides is 1. The van der Waals surface area contributed by atoms with Gasteiger partial charge >= 0.3 is 23.9 Å². The van der Waals surface area contributed by atoms with Gasteiger partial charge in [-0.1, -0.05) is 233 Å². The number of carbonyl (C=O) groups is 6. The van der Waals surface area contributed by atoms with Crippen molar-refractivity contribution in [2.45, 2.75) is 171 Å². The van der Waals surface area contributed by atoms with E-state index in [2.05, 4.69) is 84.3 Å². The van der Waals surface area contributed by atoms with Gasteiger partial charge in [-0.25, -0.2) is 14.4 Å². The molecule has 16 nitrogen and oxygen atoms in total. The summed E-state index contributed by atoms with van der Waals surface area (Å²) in [7, 11) is 2.77. The summed E-state index contributed by atoms with van der Waals surface area (Å²) >= 11 is 3.32. The predicted octanol–water partition coefficient (Wildman–Crippen LogP) is 20.7. The topological polar surface area (TPSA) is 208 Å². The summed E-state index contributed by atoms with van der Waals surface area (Å²) < 4.78 is 27.4. The van der Waals surface area contributed by atoms with Crippen molar-refractivity contribution in [2.24, 2.45) is 0 Å². The highest BCUT2D eigenvalue weighted by atomic mass is 79.9. The zero-order chi connectivity index (χ0) is 80.4. The van der Waals surface area contributed by atoms with Gasteiger partial charge in [0.1, 0.15) is 48.6 Å². The third-order valence-corrected chi connectivity index (χ3v) is 17.4. The van der Waals surface area contributed by atoms with Gasteiger partial charge < -0.3 is 48.8 Å². The monoisotopic (exact) mass is 1560 g/mol. The smallest absolute Gasteiger partial charge is 0.337 e. The van der Waals surface area contributed by atoms with E-state index in [4.69, 9.17) is 29.2 Å². The van der Waals surface area contributed by atoms with Gasteiger partial charge in [0.05, 0.1) is 30.9 Å². The number of esters is 2. The number of nitrogens with zero attached hydrogens (tertiary/aromatic N) is 2. The second kappa shape index (κ2) is 58.9. The number of aromatic carboxylic acids is 1. The average molecular weight is 1570 g/mol. The molecule has 0 atom stereocenters. The molecule has 0 aliphatic carbocycles. The van der Waals surface area contributed by atoms with Crippen LogP contribution in [0.5, 0.6) is 17.2 Å². The second-order valence-electron chi connectivity index (χ2n) is 25.1. The molecule has 0 spiro atoms. The van der Waals surface area contributed by atoms with E-state index in [1.165, 1.54) is 30.9 Å². The lowest BCUT2D eigenvalue weighted by molar-refractivity contribution is -0.137. The molecule has 0 radical (unpaired) electrons. The van der Waals surface area contributed by atoms with E-state index >= 15 is 0 Å². The summed E-state index contributed by atoms with van der Waals surface area (Å²) in [5, 5.41) is 22.3. The van der Waals surface area contributed by atoms with E-state index in [1.54, 1.807) is 38.1 Å². The summed E-state index contributed by atoms with van der Waals surface area (Å²) in [4.78, 5) is 71.6. The maximum Gasteiger partial charge on any atom is 0.337 e. The third-order valence-electron chi connectivity index (χ3n) is 16.7. The fraction of sp³-hybridized carbons (Fsp3) is 0.355. The van der Waals surface area contributed by atoms with Gasteiger partial charge in [0, 0.05) is 57.3 Å². The molecule has 0 bridgehead atoms. The molecule has 0 unspecified atom stereocenters. The van der Waals surface area contributed by atoms with Crippen LogP contribution in [0.15, 0.2) is 237 Å². The summed E-state index contributed by atoms with van der Waals surface area (Å²) in [5.74, 6) is 0.834. The Hall–Kier alpha value is -10.0. The fourth-order valence-electron chi connectivity index (χ4n) is 10.9. The Morgan fingerprint density at radius 1 is 0.382 bits per heavy atom. The van der Waals surface area contributed by atoms with Crippen LogP contribution in [0.3, 0.4) is 0 Å². The van der Waals surface area contributed by atoms with Gasteiger partial charge in [0.15, 0.2) is 0 Å². The Morgan fingerprint density at radius 3 is 1.15 bits per heavy atom. The number of benzene rings is 9. The number of Topliss-reactive ketones (excluding diaryl/α,β-unsaturated/α-hetero) is 2. The average Bonchev–Trinajstić information content (AvgIpc) is 0.872. The van der Waals surface area contributed by atoms with Crippen molar-refractivity contribution in [2.75, 3.05) is 46.9 Å². The lowest BCUT2D eigenvalue weighted by Crippen LogP contribution is -2.27. The van der Waals surface area contributed by atoms with Crippen molar-refractivity contribution in [1.29, 1.82) is 0 Å². The molecule has 110 heavy (non-hydrogen) atoms. The van der Waals surface area contributed by atoms with Crippen LogP contribution in [0.2, 0.25) is 0 Å². The molecule has 9 aromatic rings. The van der Waals surface area contributed by atoms with Crippen LogP contribution >= 0.6 is 15.9 Å². The highest BCUT2D eigenvalue weighted by Gasteiger charge is 2.15. The van der Waals surface area contributed by atoms with Crippen molar-refractivity contribution in [3.8, 4) is 17.2 Å². The number of methoxy groups -OCH3 is 2. The second-order valence-corrected chi connectivity index (χ2v) is 25.7. The van der Waals surface area contributed by atoms with Gasteiger partial charge in [0.2, 0.25) is 0 Å². The van der Waals surface area contributed by atoms with Crippen LogP contribution in [-0.2, 0) is 81.5 Å². The maximum absolute atomic E-state index is 11.7. The number of ether oxygens (including phenoxy) is 5. The number of hydrogen-bond acceptors (Lipinski definition) is 14. The number of nitrogens with one attached hydrogen (secondary N) is 1. The number of carbonyl (C=O) groups excluding carboxylic acids is 4. The highest BCUT2D eigenvalue weighted by Crippen LogP contribution is 2.24. The molecule has 0 amide bonds. The fourth-order valence-corrected chi connectivity index (χ4v) is 11.3. The number of hydrogen-bond donors (Lipinski definition) is 3. The standard InChI is InChI=1S/C30H35NO4.C28H31NO5.C20H25NO2.C9H9BrO2.3C2H6/c1-24(32)10-8-9-20-31(22-25-15-17-28(18-16-25)30(33)34-2)21-19-27-13-6-7-14-29(27)35-23-26-11-4-3-5-12-26;30-27(31)12-6-7-18-29(20-22-13-15-25(16-14-22)28(32)33)19-17-24-10-4-5-11-26(24)34-21-23-8-2-1-3-9-23;1-17(22)8-5-6-13-21-15-19-11-7-12-20(14-19)23-16-18-9-3-2-4-10-18;1-12-9(11)8-4-2-7(6-10)3-5-8;3*1-2/h3-7,11-18H,8-10,19-23H2,1-2H3;1-5,8-11,13-16H,6-7,12,17-21H2,(H,30,31)(H,32,33);2-4,7,9-12,14,21H,5-6,8,13,15-16H2,1H3;2-5H,6H2,1H3;3*1-2H3. The van der Waals surface area contributed by atoms with Crippen LogP contribution in [0.25, 0.3) is 0 Å². The number of carboxylic acid groups (broad SMARTS) is 2. The van der Waals surface area contributed by atoms with Crippen molar-refractivity contribution < 1.29 is 62.7 Å². The number of para-hydroxylation sites is 2. The molecule has 0 aliphatic rings. The molecular weight excluding hydrogens is 1450 g/mol. The first kappa shape index (κ1) is 94.2. The van der Waals surface area contributed by atoms with Crippen LogP contribution in [0.4, 0.5) is 0 Å². The zero-order valence-electron chi connectivity index (χ0n) is 66.4. The molecule has 17 heteroatoms. The number of unbranched alkanes of at least 4 members (excludes halogenated alkanes) is 3. The van der Waals surface area contributed by atoms with Crippen LogP contribution in [0, 0.1) is 0 Å². The van der Waals surface area contributed by atoms with Crippen LogP contribution < -0.4 is 19.5 Å². The van der Waals surface area contributed by atoms with Crippen LogP contribution in [0.1, 0.15) is 194 Å². The molecule has 0 fully saturated rings. The summed E-state index contributed by atoms with van der Waals surface area (Å²) in [5.41, 5.74) is 11.6. The van der Waals surface area contributed by atoms with Crippen molar-refractivity contribution in [3.63, 3.8) is 0 Å². The first-order valence-electron chi connectivity index (χ1n) is 38.4. The lowest BCUT2D eigenvalue weighted by atomic mass is 10.1.